The van der Waals surface area contributed by atoms with Crippen LogP contribution in [0.25, 0.3) is 0 Å². The molecule has 3 rings (SSSR count). The Morgan fingerprint density at radius 3 is 2.27 bits per heavy atom. The zero-order chi connectivity index (χ0) is 18.7. The number of benzene rings is 2. The molecule has 0 fully saturated rings. The van der Waals surface area contributed by atoms with Crippen molar-refractivity contribution in [3.8, 4) is 0 Å². The Morgan fingerprint density at radius 1 is 1.04 bits per heavy atom. The van der Waals surface area contributed by atoms with E-state index in [0.29, 0.717) is 10.7 Å². The van der Waals surface area contributed by atoms with Gasteiger partial charge in [-0.05, 0) is 55.5 Å². The first-order valence-electron chi connectivity index (χ1n) is 7.33. The van der Waals surface area contributed by atoms with E-state index in [-0.39, 0.29) is 16.5 Å². The fourth-order valence-electron chi connectivity index (χ4n) is 2.03. The van der Waals surface area contributed by atoms with Crippen molar-refractivity contribution in [3.63, 3.8) is 0 Å². The summed E-state index contributed by atoms with van der Waals surface area (Å²) in [6, 6.07) is 10.3. The molecule has 0 aliphatic rings. The third-order valence-electron chi connectivity index (χ3n) is 3.27. The quantitative estimate of drug-likeness (QED) is 0.695. The summed E-state index contributed by atoms with van der Waals surface area (Å²) >= 11 is 1.25. The first-order chi connectivity index (χ1) is 12.3. The van der Waals surface area contributed by atoms with Gasteiger partial charge in [-0.1, -0.05) is 11.3 Å². The van der Waals surface area contributed by atoms with Crippen LogP contribution >= 0.6 is 11.3 Å². The molecule has 0 bridgehead atoms. The molecule has 0 atom stereocenters. The fraction of sp³-hybridized carbons (Fsp3) is 0.0625. The van der Waals surface area contributed by atoms with E-state index in [1.54, 1.807) is 6.92 Å². The highest BCUT2D eigenvalue weighted by atomic mass is 32.2. The maximum absolute atomic E-state index is 12.9. The number of carbonyl (C=O) groups excluding carboxylic acids is 1. The maximum Gasteiger partial charge on any atom is 0.261 e. The molecule has 10 heteroatoms. The van der Waals surface area contributed by atoms with Crippen LogP contribution in [0.2, 0.25) is 0 Å². The highest BCUT2D eigenvalue weighted by Crippen LogP contribution is 2.19. The van der Waals surface area contributed by atoms with Gasteiger partial charge < -0.3 is 0 Å². The SMILES string of the molecule is Cc1nnc(NC(=O)c2ccc(NS(=O)(=O)c3ccc(F)cc3)cc2)s1. The lowest BCUT2D eigenvalue weighted by atomic mass is 10.2. The number of anilines is 2. The summed E-state index contributed by atoms with van der Waals surface area (Å²) < 4.78 is 39.8. The molecule has 0 saturated carbocycles. The topological polar surface area (TPSA) is 101 Å². The molecule has 26 heavy (non-hydrogen) atoms. The van der Waals surface area contributed by atoms with Gasteiger partial charge in [-0.2, -0.15) is 0 Å². The van der Waals surface area contributed by atoms with Gasteiger partial charge in [0.2, 0.25) is 5.13 Å². The Kier molecular flexibility index (Phi) is 4.96. The van der Waals surface area contributed by atoms with Crippen molar-refractivity contribution in [3.05, 3.63) is 64.9 Å². The normalized spacial score (nSPS) is 11.2. The van der Waals surface area contributed by atoms with Crippen molar-refractivity contribution in [2.24, 2.45) is 0 Å². The molecule has 0 aliphatic heterocycles. The molecule has 0 radical (unpaired) electrons. The Hall–Kier alpha value is -2.85. The largest absolute Gasteiger partial charge is 0.296 e. The van der Waals surface area contributed by atoms with E-state index >= 15 is 0 Å². The highest BCUT2D eigenvalue weighted by Gasteiger charge is 2.15. The average Bonchev–Trinajstić information content (AvgIpc) is 3.00. The summed E-state index contributed by atoms with van der Waals surface area (Å²) in [6.07, 6.45) is 0. The van der Waals surface area contributed by atoms with Gasteiger partial charge >= 0.3 is 0 Å². The Balaban J connectivity index is 1.71. The lowest BCUT2D eigenvalue weighted by Crippen LogP contribution is -2.14. The molecule has 0 saturated heterocycles. The van der Waals surface area contributed by atoms with Gasteiger partial charge in [0.15, 0.2) is 0 Å². The molecule has 2 N–H and O–H groups in total. The average molecular weight is 392 g/mol. The number of carbonyl (C=O) groups is 1. The minimum absolute atomic E-state index is 0.0626. The summed E-state index contributed by atoms with van der Waals surface area (Å²) in [5, 5.41) is 11.3. The lowest BCUT2D eigenvalue weighted by molar-refractivity contribution is 0.102. The molecular weight excluding hydrogens is 379 g/mol. The third kappa shape index (κ3) is 4.21. The first kappa shape index (κ1) is 18.0. The minimum Gasteiger partial charge on any atom is -0.296 e. The maximum atomic E-state index is 12.9. The molecule has 7 nitrogen and oxygen atoms in total. The molecular formula is C16H13FN4O3S2. The molecule has 0 aliphatic carbocycles. The third-order valence-corrected chi connectivity index (χ3v) is 5.42. The van der Waals surface area contributed by atoms with E-state index < -0.39 is 15.8 Å². The monoisotopic (exact) mass is 392 g/mol. The van der Waals surface area contributed by atoms with E-state index in [9.17, 15) is 17.6 Å². The Bertz CT molecular complexity index is 1030. The number of halogens is 1. The van der Waals surface area contributed by atoms with Crippen LogP contribution in [-0.2, 0) is 10.0 Å². The predicted octanol–water partition coefficient (Wildman–Crippen LogP) is 3.04. The number of nitrogens with zero attached hydrogens (tertiary/aromatic N) is 2. The summed E-state index contributed by atoms with van der Waals surface area (Å²) in [7, 11) is -3.84. The second kappa shape index (κ2) is 7.18. The van der Waals surface area contributed by atoms with E-state index in [4.69, 9.17) is 0 Å². The van der Waals surface area contributed by atoms with Crippen molar-refractivity contribution in [1.29, 1.82) is 0 Å². The zero-order valence-corrected chi connectivity index (χ0v) is 15.1. The molecule has 2 aromatic carbocycles. The van der Waals surface area contributed by atoms with Gasteiger partial charge in [0.05, 0.1) is 4.90 Å². The molecule has 134 valence electrons. The molecule has 0 spiro atoms. The lowest BCUT2D eigenvalue weighted by Gasteiger charge is -2.09. The van der Waals surface area contributed by atoms with E-state index in [1.165, 1.54) is 47.7 Å². The minimum atomic E-state index is -3.84. The van der Waals surface area contributed by atoms with E-state index in [0.717, 1.165) is 17.1 Å². The summed E-state index contributed by atoms with van der Waals surface area (Å²) in [6.45, 7) is 1.77. The Labute approximate surface area is 153 Å². The number of aryl methyl sites for hydroxylation is 1. The van der Waals surface area contributed by atoms with Gasteiger partial charge in [0.1, 0.15) is 10.8 Å². The van der Waals surface area contributed by atoms with Gasteiger partial charge in [-0.15, -0.1) is 10.2 Å². The molecule has 0 unspecified atom stereocenters. The molecule has 1 amide bonds. The zero-order valence-electron chi connectivity index (χ0n) is 13.4. The Morgan fingerprint density at radius 2 is 1.69 bits per heavy atom. The summed E-state index contributed by atoms with van der Waals surface area (Å²) in [4.78, 5) is 12.1. The van der Waals surface area contributed by atoms with Gasteiger partial charge in [0, 0.05) is 11.3 Å². The highest BCUT2D eigenvalue weighted by molar-refractivity contribution is 7.92. The van der Waals surface area contributed by atoms with Crippen molar-refractivity contribution >= 4 is 38.1 Å². The molecule has 3 aromatic rings. The standard InChI is InChI=1S/C16H13FN4O3S2/c1-10-19-20-16(25-10)18-15(22)11-2-6-13(7-3-11)21-26(23,24)14-8-4-12(17)5-9-14/h2-9,21H,1H3,(H,18,20,22). The predicted molar refractivity (Wildman–Crippen MR) is 96.2 cm³/mol. The van der Waals surface area contributed by atoms with Crippen LogP contribution in [0.15, 0.2) is 53.4 Å². The second-order valence-corrected chi connectivity index (χ2v) is 8.08. The number of hydrogen-bond acceptors (Lipinski definition) is 6. The van der Waals surface area contributed by atoms with Crippen molar-refractivity contribution in [2.75, 3.05) is 10.0 Å². The van der Waals surface area contributed by atoms with Crippen LogP contribution in [0.5, 0.6) is 0 Å². The van der Waals surface area contributed by atoms with Crippen LogP contribution in [0.1, 0.15) is 15.4 Å². The van der Waals surface area contributed by atoms with Crippen molar-refractivity contribution in [1.82, 2.24) is 10.2 Å². The summed E-state index contributed by atoms with van der Waals surface area (Å²) in [5.41, 5.74) is 0.611. The van der Waals surface area contributed by atoms with Gasteiger partial charge in [0.25, 0.3) is 15.9 Å². The van der Waals surface area contributed by atoms with Crippen LogP contribution in [0.3, 0.4) is 0 Å². The van der Waals surface area contributed by atoms with Gasteiger partial charge in [-0.25, -0.2) is 12.8 Å². The van der Waals surface area contributed by atoms with Crippen LogP contribution in [0, 0.1) is 12.7 Å². The number of sulfonamides is 1. The summed E-state index contributed by atoms with van der Waals surface area (Å²) in [5.74, 6) is -0.904. The van der Waals surface area contributed by atoms with E-state index in [2.05, 4.69) is 20.2 Å². The smallest absolute Gasteiger partial charge is 0.261 e. The number of rotatable bonds is 5. The number of nitrogens with one attached hydrogen (secondary N) is 2. The number of amides is 1. The second-order valence-electron chi connectivity index (χ2n) is 5.22. The van der Waals surface area contributed by atoms with E-state index in [1.807, 2.05) is 0 Å². The molecule has 1 aromatic heterocycles. The van der Waals surface area contributed by atoms with Crippen LogP contribution < -0.4 is 10.0 Å². The van der Waals surface area contributed by atoms with Crippen LogP contribution in [0.4, 0.5) is 15.2 Å². The van der Waals surface area contributed by atoms with Gasteiger partial charge in [-0.3, -0.25) is 14.8 Å². The fourth-order valence-corrected chi connectivity index (χ4v) is 3.68. The van der Waals surface area contributed by atoms with Crippen molar-refractivity contribution < 1.29 is 17.6 Å². The van der Waals surface area contributed by atoms with Crippen molar-refractivity contribution in [2.45, 2.75) is 11.8 Å². The molecule has 1 heterocycles. The number of aromatic nitrogens is 2. The number of hydrogen-bond donors (Lipinski definition) is 2. The van der Waals surface area contributed by atoms with Crippen LogP contribution in [-0.4, -0.2) is 24.5 Å². The first-order valence-corrected chi connectivity index (χ1v) is 9.63.